The summed E-state index contributed by atoms with van der Waals surface area (Å²) in [6, 6.07) is 8.33. The molecule has 0 aliphatic rings. The number of hydrogen-bond donors (Lipinski definition) is 1. The van der Waals surface area contributed by atoms with Gasteiger partial charge in [-0.25, -0.2) is 0 Å². The van der Waals surface area contributed by atoms with Gasteiger partial charge in [-0.2, -0.15) is 0 Å². The topological polar surface area (TPSA) is 30.5 Å². The van der Waals surface area contributed by atoms with E-state index in [-0.39, 0.29) is 6.10 Å². The second-order valence-electron chi connectivity index (χ2n) is 5.25. The Kier molecular flexibility index (Phi) is 8.31. The fourth-order valence-corrected chi connectivity index (χ4v) is 2.15. The van der Waals surface area contributed by atoms with E-state index in [0.29, 0.717) is 12.5 Å². The van der Waals surface area contributed by atoms with Crippen molar-refractivity contribution in [3.63, 3.8) is 0 Å². The second kappa shape index (κ2) is 9.78. The van der Waals surface area contributed by atoms with E-state index in [9.17, 15) is 0 Å². The first kappa shape index (κ1) is 17.0. The van der Waals surface area contributed by atoms with E-state index >= 15 is 0 Å². The highest BCUT2D eigenvalue weighted by Gasteiger charge is 2.15. The predicted octanol–water partition coefficient (Wildman–Crippen LogP) is 3.59. The van der Waals surface area contributed by atoms with Crippen molar-refractivity contribution in [1.82, 2.24) is 5.32 Å². The molecule has 20 heavy (non-hydrogen) atoms. The summed E-state index contributed by atoms with van der Waals surface area (Å²) in [6.07, 6.45) is 2.30. The van der Waals surface area contributed by atoms with Crippen LogP contribution in [0.3, 0.4) is 0 Å². The zero-order valence-corrected chi connectivity index (χ0v) is 13.3. The average Bonchev–Trinajstić information content (AvgIpc) is 2.47. The lowest BCUT2D eigenvalue weighted by Crippen LogP contribution is -2.35. The van der Waals surface area contributed by atoms with Crippen LogP contribution in [0.1, 0.15) is 45.1 Å². The summed E-state index contributed by atoms with van der Waals surface area (Å²) >= 11 is 0. The van der Waals surface area contributed by atoms with Gasteiger partial charge in [-0.15, -0.1) is 0 Å². The maximum atomic E-state index is 6.17. The second-order valence-corrected chi connectivity index (χ2v) is 5.25. The SMILES string of the molecule is CCCNCC(COC)Oc1ccccc1C(C)CC. The minimum Gasteiger partial charge on any atom is -0.486 e. The van der Waals surface area contributed by atoms with Gasteiger partial charge in [0.2, 0.25) is 0 Å². The summed E-state index contributed by atoms with van der Waals surface area (Å²) in [5, 5.41) is 3.40. The monoisotopic (exact) mass is 279 g/mol. The lowest BCUT2D eigenvalue weighted by atomic mass is 9.98. The van der Waals surface area contributed by atoms with Gasteiger partial charge in [-0.3, -0.25) is 0 Å². The Morgan fingerprint density at radius 1 is 1.20 bits per heavy atom. The molecular formula is C17H29NO2. The third-order valence-corrected chi connectivity index (χ3v) is 3.51. The molecular weight excluding hydrogens is 250 g/mol. The van der Waals surface area contributed by atoms with Crippen molar-refractivity contribution < 1.29 is 9.47 Å². The van der Waals surface area contributed by atoms with E-state index in [4.69, 9.17) is 9.47 Å². The van der Waals surface area contributed by atoms with E-state index in [0.717, 1.165) is 31.7 Å². The Bertz CT molecular complexity index is 368. The van der Waals surface area contributed by atoms with Crippen LogP contribution in [0.2, 0.25) is 0 Å². The normalized spacial score (nSPS) is 14.0. The molecule has 0 aromatic heterocycles. The van der Waals surface area contributed by atoms with Crippen LogP contribution < -0.4 is 10.1 Å². The number of nitrogens with one attached hydrogen (secondary N) is 1. The molecule has 2 atom stereocenters. The number of ether oxygens (including phenoxy) is 2. The fourth-order valence-electron chi connectivity index (χ4n) is 2.15. The molecule has 0 aliphatic carbocycles. The van der Waals surface area contributed by atoms with E-state index in [2.05, 4.69) is 44.3 Å². The van der Waals surface area contributed by atoms with Gasteiger partial charge >= 0.3 is 0 Å². The van der Waals surface area contributed by atoms with Crippen molar-refractivity contribution in [2.45, 2.75) is 45.6 Å². The van der Waals surface area contributed by atoms with Crippen LogP contribution in [-0.2, 0) is 4.74 Å². The predicted molar refractivity (Wildman–Crippen MR) is 84.6 cm³/mol. The lowest BCUT2D eigenvalue weighted by Gasteiger charge is -2.22. The van der Waals surface area contributed by atoms with Crippen LogP contribution in [0.15, 0.2) is 24.3 Å². The van der Waals surface area contributed by atoms with Gasteiger partial charge in [0.05, 0.1) is 6.61 Å². The zero-order chi connectivity index (χ0) is 14.8. The minimum atomic E-state index is 0.0526. The number of para-hydroxylation sites is 1. The molecule has 0 saturated heterocycles. The van der Waals surface area contributed by atoms with E-state index in [1.165, 1.54) is 5.56 Å². The van der Waals surface area contributed by atoms with Crippen LogP contribution in [-0.4, -0.2) is 32.9 Å². The first-order chi connectivity index (χ1) is 9.72. The number of hydrogen-bond acceptors (Lipinski definition) is 3. The van der Waals surface area contributed by atoms with Crippen molar-refractivity contribution in [1.29, 1.82) is 0 Å². The summed E-state index contributed by atoms with van der Waals surface area (Å²) in [5.41, 5.74) is 1.28. The third kappa shape index (κ3) is 5.51. The standard InChI is InChI=1S/C17H29NO2/c1-5-11-18-12-15(13-19-4)20-17-10-8-7-9-16(17)14(3)6-2/h7-10,14-15,18H,5-6,11-13H2,1-4H3. The molecule has 114 valence electrons. The average molecular weight is 279 g/mol. The number of methoxy groups -OCH3 is 1. The van der Waals surface area contributed by atoms with Crippen molar-refractivity contribution in [2.75, 3.05) is 26.8 Å². The quantitative estimate of drug-likeness (QED) is 0.664. The van der Waals surface area contributed by atoms with Crippen LogP contribution >= 0.6 is 0 Å². The van der Waals surface area contributed by atoms with Gasteiger partial charge in [-0.05, 0) is 36.9 Å². The first-order valence-electron chi connectivity index (χ1n) is 7.68. The molecule has 0 saturated carbocycles. The molecule has 1 rings (SSSR count). The molecule has 1 N–H and O–H groups in total. The fraction of sp³-hybridized carbons (Fsp3) is 0.647. The van der Waals surface area contributed by atoms with Gasteiger partial charge < -0.3 is 14.8 Å². The molecule has 3 heteroatoms. The zero-order valence-electron chi connectivity index (χ0n) is 13.3. The third-order valence-electron chi connectivity index (χ3n) is 3.51. The highest BCUT2D eigenvalue weighted by molar-refractivity contribution is 5.36. The van der Waals surface area contributed by atoms with Crippen LogP contribution in [0, 0.1) is 0 Å². The number of rotatable bonds is 10. The first-order valence-corrected chi connectivity index (χ1v) is 7.68. The molecule has 3 nitrogen and oxygen atoms in total. The lowest BCUT2D eigenvalue weighted by molar-refractivity contribution is 0.0798. The van der Waals surface area contributed by atoms with Gasteiger partial charge in [0, 0.05) is 13.7 Å². The Morgan fingerprint density at radius 3 is 2.60 bits per heavy atom. The molecule has 1 aromatic rings. The molecule has 0 radical (unpaired) electrons. The highest BCUT2D eigenvalue weighted by Crippen LogP contribution is 2.29. The van der Waals surface area contributed by atoms with Gasteiger partial charge in [0.25, 0.3) is 0 Å². The maximum Gasteiger partial charge on any atom is 0.134 e. The van der Waals surface area contributed by atoms with Gasteiger partial charge in [0.1, 0.15) is 11.9 Å². The maximum absolute atomic E-state index is 6.17. The van der Waals surface area contributed by atoms with Gasteiger partial charge in [0.15, 0.2) is 0 Å². The van der Waals surface area contributed by atoms with E-state index < -0.39 is 0 Å². The molecule has 0 spiro atoms. The van der Waals surface area contributed by atoms with E-state index in [1.807, 2.05) is 6.07 Å². The minimum absolute atomic E-state index is 0.0526. The van der Waals surface area contributed by atoms with E-state index in [1.54, 1.807) is 7.11 Å². The van der Waals surface area contributed by atoms with Crippen molar-refractivity contribution >= 4 is 0 Å². The molecule has 0 fully saturated rings. The molecule has 0 heterocycles. The molecule has 0 bridgehead atoms. The summed E-state index contributed by atoms with van der Waals surface area (Å²) in [5.74, 6) is 1.50. The summed E-state index contributed by atoms with van der Waals surface area (Å²) in [7, 11) is 1.72. The van der Waals surface area contributed by atoms with Gasteiger partial charge in [-0.1, -0.05) is 39.0 Å². The smallest absolute Gasteiger partial charge is 0.134 e. The molecule has 2 unspecified atom stereocenters. The molecule has 0 aliphatic heterocycles. The largest absolute Gasteiger partial charge is 0.486 e. The molecule has 0 amide bonds. The van der Waals surface area contributed by atoms with Crippen molar-refractivity contribution in [3.05, 3.63) is 29.8 Å². The van der Waals surface area contributed by atoms with Crippen LogP contribution in [0.25, 0.3) is 0 Å². The Morgan fingerprint density at radius 2 is 1.95 bits per heavy atom. The Labute approximate surface area is 123 Å². The van der Waals surface area contributed by atoms with Crippen molar-refractivity contribution in [2.24, 2.45) is 0 Å². The summed E-state index contributed by atoms with van der Waals surface area (Å²) < 4.78 is 11.4. The number of benzene rings is 1. The van der Waals surface area contributed by atoms with Crippen LogP contribution in [0.4, 0.5) is 0 Å². The molecule has 1 aromatic carbocycles. The Hall–Kier alpha value is -1.06. The summed E-state index contributed by atoms with van der Waals surface area (Å²) in [4.78, 5) is 0. The highest BCUT2D eigenvalue weighted by atomic mass is 16.5. The Balaban J connectivity index is 2.71. The summed E-state index contributed by atoms with van der Waals surface area (Å²) in [6.45, 7) is 9.04. The van der Waals surface area contributed by atoms with Crippen molar-refractivity contribution in [3.8, 4) is 5.75 Å². The van der Waals surface area contributed by atoms with Crippen LogP contribution in [0.5, 0.6) is 5.75 Å².